The number of hydrogen-bond donors (Lipinski definition) is 1. The molecule has 0 bridgehead atoms. The Morgan fingerprint density at radius 2 is 2.12 bits per heavy atom. The molecule has 1 aliphatic heterocycles. The first-order valence-corrected chi connectivity index (χ1v) is 7.51. The first-order chi connectivity index (χ1) is 7.41. The standard InChI is InChI=1S/C11H22N2O2S/c1-8(2)7-10-12-9(3)11(14)13(10)5-6-16(4)15/h8-10,12H,5-7H2,1-4H3. The van der Waals surface area contributed by atoms with E-state index in [0.717, 1.165) is 6.42 Å². The zero-order valence-electron chi connectivity index (χ0n) is 10.5. The number of nitrogens with zero attached hydrogens (tertiary/aromatic N) is 1. The van der Waals surface area contributed by atoms with Gasteiger partial charge in [0.25, 0.3) is 0 Å². The molecule has 0 saturated carbocycles. The number of carbonyl (C=O) groups is 1. The molecule has 1 amide bonds. The highest BCUT2D eigenvalue weighted by atomic mass is 32.2. The number of hydrogen-bond acceptors (Lipinski definition) is 3. The lowest BCUT2D eigenvalue weighted by atomic mass is 10.1. The van der Waals surface area contributed by atoms with Crippen LogP contribution in [0.3, 0.4) is 0 Å². The van der Waals surface area contributed by atoms with E-state index in [1.54, 1.807) is 6.26 Å². The number of carbonyl (C=O) groups excluding carboxylic acids is 1. The molecule has 0 aromatic heterocycles. The summed E-state index contributed by atoms with van der Waals surface area (Å²) in [5.41, 5.74) is 0. The monoisotopic (exact) mass is 246 g/mol. The number of amides is 1. The summed E-state index contributed by atoms with van der Waals surface area (Å²) < 4.78 is 11.1. The quantitative estimate of drug-likeness (QED) is 0.771. The van der Waals surface area contributed by atoms with Crippen molar-refractivity contribution in [2.24, 2.45) is 5.92 Å². The zero-order valence-corrected chi connectivity index (χ0v) is 11.3. The molecule has 0 radical (unpaired) electrons. The number of rotatable bonds is 5. The van der Waals surface area contributed by atoms with Crippen molar-refractivity contribution < 1.29 is 9.00 Å². The van der Waals surface area contributed by atoms with E-state index in [1.807, 2.05) is 11.8 Å². The molecule has 1 heterocycles. The number of nitrogens with one attached hydrogen (secondary N) is 1. The fourth-order valence-corrected chi connectivity index (χ4v) is 2.44. The van der Waals surface area contributed by atoms with Gasteiger partial charge in [0.15, 0.2) is 0 Å². The van der Waals surface area contributed by atoms with Crippen molar-refractivity contribution in [3.63, 3.8) is 0 Å². The second-order valence-electron chi connectivity index (χ2n) is 4.84. The molecule has 0 aromatic carbocycles. The fourth-order valence-electron chi connectivity index (χ4n) is 1.99. The van der Waals surface area contributed by atoms with Crippen molar-refractivity contribution in [2.45, 2.75) is 39.4 Å². The second-order valence-corrected chi connectivity index (χ2v) is 6.40. The molecule has 0 aliphatic carbocycles. The van der Waals surface area contributed by atoms with Crippen LogP contribution in [0.1, 0.15) is 27.2 Å². The highest BCUT2D eigenvalue weighted by Gasteiger charge is 2.35. The van der Waals surface area contributed by atoms with Crippen LogP contribution in [0, 0.1) is 5.92 Å². The van der Waals surface area contributed by atoms with Gasteiger partial charge in [0.1, 0.15) is 0 Å². The van der Waals surface area contributed by atoms with Crippen molar-refractivity contribution in [1.82, 2.24) is 10.2 Å². The highest BCUT2D eigenvalue weighted by molar-refractivity contribution is 7.84. The third-order valence-corrected chi connectivity index (χ3v) is 3.54. The van der Waals surface area contributed by atoms with Gasteiger partial charge < -0.3 is 4.90 Å². The maximum Gasteiger partial charge on any atom is 0.240 e. The molecule has 0 aromatic rings. The Kier molecular flexibility index (Phi) is 4.92. The van der Waals surface area contributed by atoms with E-state index in [-0.39, 0.29) is 18.1 Å². The largest absolute Gasteiger partial charge is 0.325 e. The summed E-state index contributed by atoms with van der Waals surface area (Å²) in [6.45, 7) is 6.77. The lowest BCUT2D eigenvalue weighted by Crippen LogP contribution is -2.40. The molecule has 94 valence electrons. The van der Waals surface area contributed by atoms with Gasteiger partial charge in [0.2, 0.25) is 5.91 Å². The van der Waals surface area contributed by atoms with Gasteiger partial charge in [-0.05, 0) is 19.3 Å². The molecule has 1 rings (SSSR count). The van der Waals surface area contributed by atoms with Crippen LogP contribution in [0.25, 0.3) is 0 Å². The second kappa shape index (κ2) is 5.77. The Labute approximate surface area is 100 Å². The molecular formula is C11H22N2O2S. The van der Waals surface area contributed by atoms with Crippen molar-refractivity contribution in [3.8, 4) is 0 Å². The van der Waals surface area contributed by atoms with Crippen LogP contribution in [-0.4, -0.2) is 45.8 Å². The molecule has 3 unspecified atom stereocenters. The molecule has 1 saturated heterocycles. The van der Waals surface area contributed by atoms with Crippen molar-refractivity contribution >= 4 is 16.7 Å². The van der Waals surface area contributed by atoms with Crippen LogP contribution >= 0.6 is 0 Å². The molecule has 4 nitrogen and oxygen atoms in total. The maximum atomic E-state index is 11.9. The summed E-state index contributed by atoms with van der Waals surface area (Å²) in [6.07, 6.45) is 2.74. The Hall–Kier alpha value is -0.420. The Morgan fingerprint density at radius 1 is 1.50 bits per heavy atom. The van der Waals surface area contributed by atoms with Gasteiger partial charge in [-0.2, -0.15) is 0 Å². The minimum atomic E-state index is -0.837. The average Bonchev–Trinajstić information content (AvgIpc) is 2.39. The lowest BCUT2D eigenvalue weighted by molar-refractivity contribution is -0.129. The normalized spacial score (nSPS) is 27.8. The first-order valence-electron chi connectivity index (χ1n) is 5.78. The van der Waals surface area contributed by atoms with Crippen LogP contribution in [0.2, 0.25) is 0 Å². The van der Waals surface area contributed by atoms with Gasteiger partial charge in [0.05, 0.1) is 12.2 Å². The van der Waals surface area contributed by atoms with E-state index >= 15 is 0 Å². The van der Waals surface area contributed by atoms with E-state index in [4.69, 9.17) is 0 Å². The molecular weight excluding hydrogens is 224 g/mol. The summed E-state index contributed by atoms with van der Waals surface area (Å²) in [5, 5.41) is 3.29. The van der Waals surface area contributed by atoms with Gasteiger partial charge in [0, 0.05) is 29.4 Å². The summed E-state index contributed by atoms with van der Waals surface area (Å²) in [6, 6.07) is -0.103. The van der Waals surface area contributed by atoms with Crippen LogP contribution in [-0.2, 0) is 15.6 Å². The van der Waals surface area contributed by atoms with Gasteiger partial charge in [-0.1, -0.05) is 13.8 Å². The van der Waals surface area contributed by atoms with Gasteiger partial charge in [-0.25, -0.2) is 0 Å². The third kappa shape index (κ3) is 3.56. The van der Waals surface area contributed by atoms with Crippen LogP contribution in [0.5, 0.6) is 0 Å². The highest BCUT2D eigenvalue weighted by Crippen LogP contribution is 2.17. The fraction of sp³-hybridized carbons (Fsp3) is 0.909. The minimum Gasteiger partial charge on any atom is -0.325 e. The summed E-state index contributed by atoms with van der Waals surface area (Å²) in [7, 11) is -0.837. The van der Waals surface area contributed by atoms with Crippen LogP contribution in [0.4, 0.5) is 0 Å². The van der Waals surface area contributed by atoms with Crippen LogP contribution < -0.4 is 5.32 Å². The summed E-state index contributed by atoms with van der Waals surface area (Å²) >= 11 is 0. The summed E-state index contributed by atoms with van der Waals surface area (Å²) in [4.78, 5) is 13.7. The predicted molar refractivity (Wildman–Crippen MR) is 66.5 cm³/mol. The third-order valence-electron chi connectivity index (χ3n) is 2.79. The average molecular weight is 246 g/mol. The molecule has 0 spiro atoms. The van der Waals surface area contributed by atoms with E-state index in [1.165, 1.54) is 0 Å². The minimum absolute atomic E-state index is 0.103. The van der Waals surface area contributed by atoms with Crippen molar-refractivity contribution in [3.05, 3.63) is 0 Å². The Balaban J connectivity index is 2.60. The van der Waals surface area contributed by atoms with E-state index < -0.39 is 10.8 Å². The van der Waals surface area contributed by atoms with Gasteiger partial charge in [-0.15, -0.1) is 0 Å². The van der Waals surface area contributed by atoms with E-state index in [0.29, 0.717) is 18.2 Å². The smallest absolute Gasteiger partial charge is 0.240 e. The Bertz CT molecular complexity index is 281. The molecule has 5 heteroatoms. The summed E-state index contributed by atoms with van der Waals surface area (Å²) in [5.74, 6) is 1.25. The topological polar surface area (TPSA) is 49.4 Å². The maximum absolute atomic E-state index is 11.9. The van der Waals surface area contributed by atoms with Gasteiger partial charge in [-0.3, -0.25) is 14.3 Å². The van der Waals surface area contributed by atoms with Crippen molar-refractivity contribution in [1.29, 1.82) is 0 Å². The molecule has 1 aliphatic rings. The molecule has 3 atom stereocenters. The van der Waals surface area contributed by atoms with E-state index in [2.05, 4.69) is 19.2 Å². The van der Waals surface area contributed by atoms with Crippen LogP contribution in [0.15, 0.2) is 0 Å². The SMILES string of the molecule is CC(C)CC1NC(C)C(=O)N1CCS(C)=O. The first kappa shape index (κ1) is 13.6. The molecule has 1 N–H and O–H groups in total. The van der Waals surface area contributed by atoms with Crippen molar-refractivity contribution in [2.75, 3.05) is 18.6 Å². The predicted octanol–water partition coefficient (Wildman–Crippen LogP) is 0.557. The molecule has 1 fully saturated rings. The molecule has 16 heavy (non-hydrogen) atoms. The zero-order chi connectivity index (χ0) is 12.3. The van der Waals surface area contributed by atoms with E-state index in [9.17, 15) is 9.00 Å². The van der Waals surface area contributed by atoms with Gasteiger partial charge >= 0.3 is 0 Å². The Morgan fingerprint density at radius 3 is 2.62 bits per heavy atom. The lowest BCUT2D eigenvalue weighted by Gasteiger charge is -2.25.